The molecule has 1 fully saturated rings. The Bertz CT molecular complexity index is 245. The third kappa shape index (κ3) is 3.81. The molecule has 0 N–H and O–H groups in total. The fourth-order valence-corrected chi connectivity index (χ4v) is 1.47. The molecule has 0 aliphatic carbocycles. The second-order valence-electron chi connectivity index (χ2n) is 4.64. The largest absolute Gasteiger partial charge is 0.497 e. The first-order valence-corrected chi connectivity index (χ1v) is 5.16. The zero-order valence-electron chi connectivity index (χ0n) is 9.66. The minimum atomic E-state index is -0.436. The Labute approximate surface area is 90.8 Å². The molecule has 0 aromatic heterocycles. The lowest BCUT2D eigenvalue weighted by Crippen LogP contribution is -2.35. The van der Waals surface area contributed by atoms with Crippen LogP contribution in [0.4, 0.5) is 4.79 Å². The zero-order chi connectivity index (χ0) is 11.5. The topological polar surface area (TPSA) is 38.8 Å². The van der Waals surface area contributed by atoms with E-state index in [0.717, 1.165) is 6.42 Å². The van der Waals surface area contributed by atoms with E-state index in [9.17, 15) is 4.79 Å². The van der Waals surface area contributed by atoms with Crippen molar-refractivity contribution in [1.82, 2.24) is 4.90 Å². The second-order valence-corrected chi connectivity index (χ2v) is 4.64. The Hall–Kier alpha value is -1.19. The number of hydrogen-bond acceptors (Lipinski definition) is 3. The maximum absolute atomic E-state index is 11.6. The third-order valence-electron chi connectivity index (χ3n) is 2.09. The van der Waals surface area contributed by atoms with E-state index in [4.69, 9.17) is 9.47 Å². The minimum absolute atomic E-state index is 0.0648. The highest BCUT2D eigenvalue weighted by Gasteiger charge is 2.30. The van der Waals surface area contributed by atoms with E-state index in [1.807, 2.05) is 20.8 Å². The van der Waals surface area contributed by atoms with Crippen LogP contribution in [0.3, 0.4) is 0 Å². The summed E-state index contributed by atoms with van der Waals surface area (Å²) in [7, 11) is 0. The van der Waals surface area contributed by atoms with E-state index in [1.165, 1.54) is 6.26 Å². The zero-order valence-corrected chi connectivity index (χ0v) is 9.66. The highest BCUT2D eigenvalue weighted by molar-refractivity contribution is 5.68. The van der Waals surface area contributed by atoms with Crippen LogP contribution in [0, 0.1) is 0 Å². The SMILES string of the molecule is C=COC1CCN(C(=O)OC(C)(C)C)C1. The van der Waals surface area contributed by atoms with Crippen LogP contribution in [0.1, 0.15) is 27.2 Å². The van der Waals surface area contributed by atoms with Crippen molar-refractivity contribution < 1.29 is 14.3 Å². The van der Waals surface area contributed by atoms with Gasteiger partial charge < -0.3 is 14.4 Å². The first-order chi connectivity index (χ1) is 6.92. The van der Waals surface area contributed by atoms with Gasteiger partial charge >= 0.3 is 6.09 Å². The molecule has 0 bridgehead atoms. The lowest BCUT2D eigenvalue weighted by atomic mass is 10.2. The lowest BCUT2D eigenvalue weighted by Gasteiger charge is -2.24. The summed E-state index contributed by atoms with van der Waals surface area (Å²) in [6.45, 7) is 10.3. The maximum Gasteiger partial charge on any atom is 0.410 e. The Kier molecular flexibility index (Phi) is 3.61. The van der Waals surface area contributed by atoms with Gasteiger partial charge in [0.25, 0.3) is 0 Å². The molecule has 0 aromatic rings. The molecule has 1 unspecified atom stereocenters. The van der Waals surface area contributed by atoms with Gasteiger partial charge in [0.15, 0.2) is 0 Å². The van der Waals surface area contributed by atoms with Gasteiger partial charge in [0.1, 0.15) is 11.7 Å². The van der Waals surface area contributed by atoms with E-state index in [0.29, 0.717) is 13.1 Å². The fraction of sp³-hybridized carbons (Fsp3) is 0.727. The first-order valence-electron chi connectivity index (χ1n) is 5.16. The summed E-state index contributed by atoms with van der Waals surface area (Å²) in [4.78, 5) is 13.3. The Balaban J connectivity index is 2.40. The molecule has 0 aromatic carbocycles. The molecular formula is C11H19NO3. The van der Waals surface area contributed by atoms with Gasteiger partial charge in [0.05, 0.1) is 12.8 Å². The first kappa shape index (κ1) is 11.9. The van der Waals surface area contributed by atoms with Crippen molar-refractivity contribution in [2.24, 2.45) is 0 Å². The number of ether oxygens (including phenoxy) is 2. The van der Waals surface area contributed by atoms with Crippen LogP contribution in [0.5, 0.6) is 0 Å². The van der Waals surface area contributed by atoms with Gasteiger partial charge in [-0.15, -0.1) is 0 Å². The van der Waals surface area contributed by atoms with Gasteiger partial charge in [0, 0.05) is 13.0 Å². The second kappa shape index (κ2) is 4.55. The number of rotatable bonds is 2. The third-order valence-corrected chi connectivity index (χ3v) is 2.09. The van der Waals surface area contributed by atoms with Crippen molar-refractivity contribution in [3.05, 3.63) is 12.8 Å². The van der Waals surface area contributed by atoms with Gasteiger partial charge in [0.2, 0.25) is 0 Å². The van der Waals surface area contributed by atoms with E-state index in [-0.39, 0.29) is 12.2 Å². The van der Waals surface area contributed by atoms with Crippen molar-refractivity contribution in [3.8, 4) is 0 Å². The number of carbonyl (C=O) groups is 1. The predicted molar refractivity (Wildman–Crippen MR) is 57.5 cm³/mol. The van der Waals surface area contributed by atoms with Crippen LogP contribution in [-0.4, -0.2) is 35.8 Å². The van der Waals surface area contributed by atoms with Gasteiger partial charge in [-0.3, -0.25) is 0 Å². The van der Waals surface area contributed by atoms with Crippen molar-refractivity contribution in [2.75, 3.05) is 13.1 Å². The van der Waals surface area contributed by atoms with Crippen LogP contribution < -0.4 is 0 Å². The maximum atomic E-state index is 11.6. The van der Waals surface area contributed by atoms with Crippen LogP contribution in [0.2, 0.25) is 0 Å². The minimum Gasteiger partial charge on any atom is -0.497 e. The molecule has 1 saturated heterocycles. The Morgan fingerprint density at radius 1 is 1.53 bits per heavy atom. The molecule has 1 heterocycles. The molecule has 4 heteroatoms. The summed E-state index contributed by atoms with van der Waals surface area (Å²) in [5.74, 6) is 0. The average Bonchev–Trinajstić information content (AvgIpc) is 2.50. The van der Waals surface area contributed by atoms with Crippen molar-refractivity contribution in [2.45, 2.75) is 38.9 Å². The van der Waals surface area contributed by atoms with E-state index in [2.05, 4.69) is 6.58 Å². The molecule has 0 radical (unpaired) electrons. The average molecular weight is 213 g/mol. The van der Waals surface area contributed by atoms with Crippen molar-refractivity contribution in [3.63, 3.8) is 0 Å². The van der Waals surface area contributed by atoms with Crippen LogP contribution >= 0.6 is 0 Å². The van der Waals surface area contributed by atoms with Crippen LogP contribution in [0.15, 0.2) is 12.8 Å². The van der Waals surface area contributed by atoms with Crippen molar-refractivity contribution >= 4 is 6.09 Å². The molecular weight excluding hydrogens is 194 g/mol. The van der Waals surface area contributed by atoms with Crippen molar-refractivity contribution in [1.29, 1.82) is 0 Å². The molecule has 1 atom stereocenters. The smallest absolute Gasteiger partial charge is 0.410 e. The molecule has 1 amide bonds. The van der Waals surface area contributed by atoms with Gasteiger partial charge in [-0.05, 0) is 20.8 Å². The summed E-state index contributed by atoms with van der Waals surface area (Å²) in [5, 5.41) is 0. The van der Waals surface area contributed by atoms with Gasteiger partial charge in [-0.2, -0.15) is 0 Å². The van der Waals surface area contributed by atoms with Gasteiger partial charge in [-0.25, -0.2) is 4.79 Å². The normalized spacial score (nSPS) is 21.3. The number of hydrogen-bond donors (Lipinski definition) is 0. The molecule has 0 spiro atoms. The summed E-state index contributed by atoms with van der Waals surface area (Å²) in [6.07, 6.45) is 2.06. The quantitative estimate of drug-likeness (QED) is 0.660. The lowest BCUT2D eigenvalue weighted by molar-refractivity contribution is 0.0266. The fourth-order valence-electron chi connectivity index (χ4n) is 1.47. The standard InChI is InChI=1S/C11H19NO3/c1-5-14-9-6-7-12(8-9)10(13)15-11(2,3)4/h5,9H,1,6-8H2,2-4H3. The summed E-state index contributed by atoms with van der Waals surface area (Å²) in [5.41, 5.74) is -0.436. The summed E-state index contributed by atoms with van der Waals surface area (Å²) in [6, 6.07) is 0. The number of carbonyl (C=O) groups excluding carboxylic acids is 1. The number of nitrogens with zero attached hydrogens (tertiary/aromatic N) is 1. The monoisotopic (exact) mass is 213 g/mol. The highest BCUT2D eigenvalue weighted by Crippen LogP contribution is 2.16. The summed E-state index contributed by atoms with van der Waals surface area (Å²) < 4.78 is 10.5. The molecule has 4 nitrogen and oxygen atoms in total. The molecule has 1 aliphatic rings. The van der Waals surface area contributed by atoms with Gasteiger partial charge in [-0.1, -0.05) is 6.58 Å². The van der Waals surface area contributed by atoms with Crippen LogP contribution in [0.25, 0.3) is 0 Å². The van der Waals surface area contributed by atoms with E-state index >= 15 is 0 Å². The molecule has 0 saturated carbocycles. The Morgan fingerprint density at radius 2 is 2.20 bits per heavy atom. The highest BCUT2D eigenvalue weighted by atomic mass is 16.6. The Morgan fingerprint density at radius 3 is 2.73 bits per heavy atom. The van der Waals surface area contributed by atoms with E-state index < -0.39 is 5.60 Å². The predicted octanol–water partition coefficient (Wildman–Crippen LogP) is 2.16. The summed E-state index contributed by atoms with van der Waals surface area (Å²) >= 11 is 0. The molecule has 15 heavy (non-hydrogen) atoms. The molecule has 1 aliphatic heterocycles. The number of amides is 1. The molecule has 1 rings (SSSR count). The number of likely N-dealkylation sites (tertiary alicyclic amines) is 1. The molecule has 86 valence electrons. The van der Waals surface area contributed by atoms with E-state index in [1.54, 1.807) is 4.90 Å². The van der Waals surface area contributed by atoms with Crippen LogP contribution in [-0.2, 0) is 9.47 Å².